The number of hydrogen-bond acceptors (Lipinski definition) is 6. The molecule has 1 aromatic carbocycles. The zero-order chi connectivity index (χ0) is 14.7. The highest BCUT2D eigenvalue weighted by Gasteiger charge is 2.14. The summed E-state index contributed by atoms with van der Waals surface area (Å²) >= 11 is 2.72. The third-order valence-electron chi connectivity index (χ3n) is 2.84. The van der Waals surface area contributed by atoms with E-state index in [2.05, 4.69) is 41.5 Å². The van der Waals surface area contributed by atoms with E-state index in [0.29, 0.717) is 5.13 Å². The normalized spacial score (nSPS) is 12.2. The number of hydrogen-bond donors (Lipinski definition) is 2. The van der Waals surface area contributed by atoms with Crippen molar-refractivity contribution >= 4 is 39.8 Å². The van der Waals surface area contributed by atoms with Crippen molar-refractivity contribution in [2.24, 2.45) is 5.73 Å². The molecule has 0 spiro atoms. The van der Waals surface area contributed by atoms with Gasteiger partial charge in [-0.1, -0.05) is 29.2 Å². The molecule has 0 bridgehead atoms. The van der Waals surface area contributed by atoms with Gasteiger partial charge in [0.05, 0.1) is 5.25 Å². The van der Waals surface area contributed by atoms with Gasteiger partial charge in [0.25, 0.3) is 0 Å². The third kappa shape index (κ3) is 3.71. The average molecular weight is 308 g/mol. The molecule has 7 heteroatoms. The number of rotatable bonds is 5. The summed E-state index contributed by atoms with van der Waals surface area (Å²) in [5.74, 6) is -0.353. The van der Waals surface area contributed by atoms with E-state index in [1.165, 1.54) is 34.2 Å². The summed E-state index contributed by atoms with van der Waals surface area (Å²) in [6.45, 7) is 5.89. The Bertz CT molecular complexity index is 627. The zero-order valence-corrected chi connectivity index (χ0v) is 13.1. The molecule has 0 aliphatic rings. The van der Waals surface area contributed by atoms with Crippen molar-refractivity contribution in [3.8, 4) is 0 Å². The van der Waals surface area contributed by atoms with Gasteiger partial charge in [-0.05, 0) is 44.0 Å². The van der Waals surface area contributed by atoms with Crippen LogP contribution in [0.5, 0.6) is 0 Å². The molecule has 2 aromatic rings. The summed E-state index contributed by atoms with van der Waals surface area (Å²) < 4.78 is 0.725. The van der Waals surface area contributed by atoms with Gasteiger partial charge in [0.15, 0.2) is 4.34 Å². The van der Waals surface area contributed by atoms with Gasteiger partial charge in [-0.2, -0.15) is 0 Å². The van der Waals surface area contributed by atoms with Crippen LogP contribution in [-0.4, -0.2) is 21.4 Å². The number of primary amides is 1. The van der Waals surface area contributed by atoms with Gasteiger partial charge < -0.3 is 11.1 Å². The number of anilines is 2. The quantitative estimate of drug-likeness (QED) is 0.830. The molecule has 0 fully saturated rings. The molecule has 1 heterocycles. The molecular formula is C13H16N4OS2. The largest absolute Gasteiger partial charge is 0.369 e. The van der Waals surface area contributed by atoms with Gasteiger partial charge in [-0.25, -0.2) is 0 Å². The van der Waals surface area contributed by atoms with Crippen molar-refractivity contribution in [1.82, 2.24) is 10.2 Å². The molecule has 0 aliphatic heterocycles. The number of nitrogens with two attached hydrogens (primary N) is 1. The van der Waals surface area contributed by atoms with Gasteiger partial charge in [0.2, 0.25) is 11.0 Å². The number of nitrogens with one attached hydrogen (secondary N) is 1. The number of carbonyl (C=O) groups excluding carboxylic acids is 1. The standard InChI is InChI=1S/C13H16N4OS2/c1-7-4-5-10(6-8(7)2)15-12-16-17-13(20-12)19-9(3)11(14)18/h4-6,9H,1-3H3,(H2,14,18)(H,15,16)/t9-/m1/s1. The third-order valence-corrected chi connectivity index (χ3v) is 4.88. The summed E-state index contributed by atoms with van der Waals surface area (Å²) in [6, 6.07) is 6.13. The Kier molecular flexibility index (Phi) is 4.61. The summed E-state index contributed by atoms with van der Waals surface area (Å²) in [6.07, 6.45) is 0. The molecule has 2 rings (SSSR count). The van der Waals surface area contributed by atoms with Gasteiger partial charge in [-0.3, -0.25) is 4.79 Å². The van der Waals surface area contributed by atoms with E-state index in [1.807, 2.05) is 6.07 Å². The molecule has 0 saturated carbocycles. The van der Waals surface area contributed by atoms with E-state index in [1.54, 1.807) is 6.92 Å². The van der Waals surface area contributed by atoms with Crippen LogP contribution in [-0.2, 0) is 4.79 Å². The SMILES string of the molecule is Cc1ccc(Nc2nnc(S[C@H](C)C(N)=O)s2)cc1C. The van der Waals surface area contributed by atoms with E-state index in [0.717, 1.165) is 10.0 Å². The number of nitrogens with zero attached hydrogens (tertiary/aromatic N) is 2. The lowest BCUT2D eigenvalue weighted by molar-refractivity contribution is -0.117. The molecule has 3 N–H and O–H groups in total. The Morgan fingerprint density at radius 1 is 1.35 bits per heavy atom. The topological polar surface area (TPSA) is 80.9 Å². The van der Waals surface area contributed by atoms with Crippen molar-refractivity contribution in [2.75, 3.05) is 5.32 Å². The monoisotopic (exact) mass is 308 g/mol. The Hall–Kier alpha value is -1.60. The first-order chi connectivity index (χ1) is 9.45. The van der Waals surface area contributed by atoms with E-state index in [-0.39, 0.29) is 11.2 Å². The van der Waals surface area contributed by atoms with E-state index in [4.69, 9.17) is 5.73 Å². The number of benzene rings is 1. The van der Waals surface area contributed by atoms with E-state index in [9.17, 15) is 4.79 Å². The summed E-state index contributed by atoms with van der Waals surface area (Å²) in [4.78, 5) is 11.0. The average Bonchev–Trinajstić information content (AvgIpc) is 2.81. The first-order valence-electron chi connectivity index (χ1n) is 6.09. The lowest BCUT2D eigenvalue weighted by Crippen LogP contribution is -2.22. The fourth-order valence-electron chi connectivity index (χ4n) is 1.46. The van der Waals surface area contributed by atoms with Gasteiger partial charge in [0, 0.05) is 5.69 Å². The highest BCUT2D eigenvalue weighted by atomic mass is 32.2. The minimum Gasteiger partial charge on any atom is -0.369 e. The van der Waals surface area contributed by atoms with Crippen LogP contribution in [0.15, 0.2) is 22.5 Å². The molecule has 5 nitrogen and oxygen atoms in total. The van der Waals surface area contributed by atoms with Crippen molar-refractivity contribution < 1.29 is 4.79 Å². The maximum atomic E-state index is 11.0. The summed E-state index contributed by atoms with van der Waals surface area (Å²) in [5.41, 5.74) is 8.67. The van der Waals surface area contributed by atoms with Crippen LogP contribution in [0.4, 0.5) is 10.8 Å². The van der Waals surface area contributed by atoms with Crippen LogP contribution >= 0.6 is 23.1 Å². The number of aromatic nitrogens is 2. The van der Waals surface area contributed by atoms with Crippen LogP contribution in [0.2, 0.25) is 0 Å². The second kappa shape index (κ2) is 6.23. The number of aryl methyl sites for hydroxylation is 2. The maximum absolute atomic E-state index is 11.0. The van der Waals surface area contributed by atoms with Crippen molar-refractivity contribution in [3.05, 3.63) is 29.3 Å². The molecule has 1 amide bonds. The van der Waals surface area contributed by atoms with Crippen LogP contribution in [0, 0.1) is 13.8 Å². The number of amides is 1. The van der Waals surface area contributed by atoms with Gasteiger partial charge in [-0.15, -0.1) is 10.2 Å². The first-order valence-corrected chi connectivity index (χ1v) is 7.79. The Balaban J connectivity index is 2.05. The van der Waals surface area contributed by atoms with Crippen LogP contribution in [0.25, 0.3) is 0 Å². The van der Waals surface area contributed by atoms with Gasteiger partial charge in [0.1, 0.15) is 0 Å². The Morgan fingerprint density at radius 2 is 2.10 bits per heavy atom. The predicted octanol–water partition coefficient (Wildman–Crippen LogP) is 2.86. The van der Waals surface area contributed by atoms with Gasteiger partial charge >= 0.3 is 0 Å². The first kappa shape index (κ1) is 14.8. The second-order valence-electron chi connectivity index (χ2n) is 4.46. The smallest absolute Gasteiger partial charge is 0.230 e. The van der Waals surface area contributed by atoms with E-state index < -0.39 is 0 Å². The number of carbonyl (C=O) groups is 1. The molecule has 0 aliphatic carbocycles. The fourth-order valence-corrected chi connectivity index (χ4v) is 3.33. The number of thioether (sulfide) groups is 1. The van der Waals surface area contributed by atoms with Crippen molar-refractivity contribution in [1.29, 1.82) is 0 Å². The Labute approximate surface area is 126 Å². The Morgan fingerprint density at radius 3 is 2.75 bits per heavy atom. The second-order valence-corrected chi connectivity index (χ2v) is 7.03. The predicted molar refractivity (Wildman–Crippen MR) is 83.6 cm³/mol. The molecule has 20 heavy (non-hydrogen) atoms. The molecule has 1 atom stereocenters. The van der Waals surface area contributed by atoms with Crippen LogP contribution < -0.4 is 11.1 Å². The zero-order valence-electron chi connectivity index (χ0n) is 11.5. The van der Waals surface area contributed by atoms with Crippen LogP contribution in [0.1, 0.15) is 18.1 Å². The maximum Gasteiger partial charge on any atom is 0.230 e. The molecular weight excluding hydrogens is 292 g/mol. The minimum atomic E-state index is -0.353. The minimum absolute atomic E-state index is 0.308. The molecule has 0 saturated heterocycles. The highest BCUT2D eigenvalue weighted by molar-refractivity contribution is 8.02. The molecule has 0 radical (unpaired) electrons. The summed E-state index contributed by atoms with van der Waals surface area (Å²) in [7, 11) is 0. The molecule has 1 aromatic heterocycles. The fraction of sp³-hybridized carbons (Fsp3) is 0.308. The lowest BCUT2D eigenvalue weighted by Gasteiger charge is -2.05. The van der Waals surface area contributed by atoms with Crippen molar-refractivity contribution in [3.63, 3.8) is 0 Å². The van der Waals surface area contributed by atoms with E-state index >= 15 is 0 Å². The highest BCUT2D eigenvalue weighted by Crippen LogP contribution is 2.30. The summed E-state index contributed by atoms with van der Waals surface area (Å²) in [5, 5.41) is 11.7. The molecule has 106 valence electrons. The van der Waals surface area contributed by atoms with Crippen LogP contribution in [0.3, 0.4) is 0 Å². The van der Waals surface area contributed by atoms with Crippen molar-refractivity contribution in [2.45, 2.75) is 30.4 Å². The molecule has 0 unspecified atom stereocenters. The lowest BCUT2D eigenvalue weighted by atomic mass is 10.1.